The van der Waals surface area contributed by atoms with E-state index in [1.807, 2.05) is 22.9 Å². The maximum absolute atomic E-state index is 4.44. The Kier molecular flexibility index (Phi) is 2.64. The van der Waals surface area contributed by atoms with Gasteiger partial charge in [0.2, 0.25) is 10.2 Å². The molecule has 0 bridgehead atoms. The van der Waals surface area contributed by atoms with E-state index in [1.165, 1.54) is 9.60 Å². The first-order valence-electron chi connectivity index (χ1n) is 5.03. The summed E-state index contributed by atoms with van der Waals surface area (Å²) < 4.78 is 1.34. The van der Waals surface area contributed by atoms with Crippen LogP contribution in [0.5, 0.6) is 0 Å². The highest BCUT2D eigenvalue weighted by Gasteiger charge is 2.15. The van der Waals surface area contributed by atoms with Crippen LogP contribution < -0.4 is 0 Å². The topological polar surface area (TPSA) is 12.9 Å². The molecule has 0 saturated carbocycles. The lowest BCUT2D eigenvalue weighted by molar-refractivity contribution is 1.48. The highest BCUT2D eigenvalue weighted by atomic mass is 33.1. The quantitative estimate of drug-likeness (QED) is 0.485. The van der Waals surface area contributed by atoms with Crippen LogP contribution in [0, 0.1) is 0 Å². The predicted molar refractivity (Wildman–Crippen MR) is 71.9 cm³/mol. The van der Waals surface area contributed by atoms with E-state index >= 15 is 0 Å². The lowest BCUT2D eigenvalue weighted by atomic mass is 10.3. The summed E-state index contributed by atoms with van der Waals surface area (Å²) in [5.41, 5.74) is 3.18. The van der Waals surface area contributed by atoms with E-state index in [2.05, 4.69) is 53.0 Å². The lowest BCUT2D eigenvalue weighted by Gasteiger charge is -1.89. The second-order valence-electron chi connectivity index (χ2n) is 3.40. The molecule has 3 aromatic rings. The number of fused-ring (bicyclic) bond motifs is 1. The molecule has 0 fully saturated rings. The molecule has 2 aromatic carbocycles. The summed E-state index contributed by atoms with van der Waals surface area (Å²) in [6.07, 6.45) is 0. The molecule has 0 amide bonds. The Hall–Kier alpha value is -1.32. The number of benzene rings is 2. The third-order valence-corrected chi connectivity index (χ3v) is 5.93. The molecule has 1 unspecified atom stereocenters. The zero-order valence-corrected chi connectivity index (χ0v) is 10.2. The minimum absolute atomic E-state index is 0.0718. The van der Waals surface area contributed by atoms with Gasteiger partial charge in [0.1, 0.15) is 5.52 Å². The van der Waals surface area contributed by atoms with Crippen LogP contribution in [0.3, 0.4) is 0 Å². The standard InChI is InChI=1S/C13H10NS2/c1-2-6-11(7-3-1)15-16-10-14-12-8-4-5-9-13(12)16/h1-10H/q+1. The summed E-state index contributed by atoms with van der Waals surface area (Å²) in [6.45, 7) is 0. The van der Waals surface area contributed by atoms with E-state index in [9.17, 15) is 0 Å². The number of hydrogen-bond acceptors (Lipinski definition) is 2. The maximum Gasteiger partial charge on any atom is 0.244 e. The number of rotatable bonds is 2. The summed E-state index contributed by atoms with van der Waals surface area (Å²) in [5, 5.41) is 0. The van der Waals surface area contributed by atoms with Gasteiger partial charge in [-0.1, -0.05) is 30.3 Å². The van der Waals surface area contributed by atoms with Crippen molar-refractivity contribution in [2.75, 3.05) is 0 Å². The van der Waals surface area contributed by atoms with Crippen molar-refractivity contribution in [3.8, 4) is 0 Å². The third-order valence-electron chi connectivity index (χ3n) is 2.30. The minimum atomic E-state index is 0.0718. The average Bonchev–Trinajstić information content (AvgIpc) is 2.74. The number of nitrogens with zero attached hydrogens (tertiary/aromatic N) is 1. The second kappa shape index (κ2) is 4.28. The first-order valence-corrected chi connectivity index (χ1v) is 7.65. The SMILES string of the molecule is c1ccc(S[s+]2cnc3ccccc32)cc1. The van der Waals surface area contributed by atoms with Crippen molar-refractivity contribution in [1.82, 2.24) is 4.98 Å². The molecule has 1 aromatic heterocycles. The van der Waals surface area contributed by atoms with E-state index < -0.39 is 0 Å². The second-order valence-corrected chi connectivity index (χ2v) is 6.86. The fraction of sp³-hybridized carbons (Fsp3) is 0. The highest BCUT2D eigenvalue weighted by molar-refractivity contribution is 8.46. The lowest BCUT2D eigenvalue weighted by Crippen LogP contribution is -1.65. The maximum atomic E-state index is 4.44. The normalized spacial score (nSPS) is 11.9. The fourth-order valence-corrected chi connectivity index (χ4v) is 4.92. The van der Waals surface area contributed by atoms with Crippen LogP contribution in [0.2, 0.25) is 0 Å². The van der Waals surface area contributed by atoms with Gasteiger partial charge in [-0.25, -0.2) is 0 Å². The van der Waals surface area contributed by atoms with Crippen LogP contribution in [0.25, 0.3) is 10.2 Å². The summed E-state index contributed by atoms with van der Waals surface area (Å²) in [5.74, 6) is 0. The van der Waals surface area contributed by atoms with E-state index in [-0.39, 0.29) is 9.50 Å². The van der Waals surface area contributed by atoms with Gasteiger partial charge in [0, 0.05) is 6.07 Å². The van der Waals surface area contributed by atoms with Crippen LogP contribution in [0.4, 0.5) is 0 Å². The zero-order valence-electron chi connectivity index (χ0n) is 8.54. The van der Waals surface area contributed by atoms with Crippen LogP contribution in [0.1, 0.15) is 0 Å². The Balaban J connectivity index is 2.01. The van der Waals surface area contributed by atoms with E-state index in [0.29, 0.717) is 0 Å². The molecule has 0 aliphatic rings. The van der Waals surface area contributed by atoms with Gasteiger partial charge >= 0.3 is 0 Å². The molecule has 0 aliphatic carbocycles. The molecule has 3 rings (SSSR count). The molecule has 0 N–H and O–H groups in total. The van der Waals surface area contributed by atoms with Crippen molar-refractivity contribution in [3.63, 3.8) is 0 Å². The van der Waals surface area contributed by atoms with Crippen molar-refractivity contribution in [2.24, 2.45) is 0 Å². The monoisotopic (exact) mass is 244 g/mol. The fourth-order valence-electron chi connectivity index (χ4n) is 1.54. The molecular weight excluding hydrogens is 234 g/mol. The molecule has 78 valence electrons. The minimum Gasteiger partial charge on any atom is -0.199 e. The van der Waals surface area contributed by atoms with Crippen LogP contribution in [0.15, 0.2) is 65.0 Å². The molecule has 0 aliphatic heterocycles. The summed E-state index contributed by atoms with van der Waals surface area (Å²) in [6, 6.07) is 18.8. The van der Waals surface area contributed by atoms with E-state index in [1.54, 1.807) is 0 Å². The van der Waals surface area contributed by atoms with Crippen molar-refractivity contribution >= 4 is 30.5 Å². The highest BCUT2D eigenvalue weighted by Crippen LogP contribution is 2.43. The van der Waals surface area contributed by atoms with E-state index in [0.717, 1.165) is 5.52 Å². The van der Waals surface area contributed by atoms with Gasteiger partial charge in [0.25, 0.3) is 0 Å². The molecular formula is C13H10NS2+. The summed E-state index contributed by atoms with van der Waals surface area (Å²) >= 11 is 0. The van der Waals surface area contributed by atoms with Gasteiger partial charge in [-0.3, -0.25) is 0 Å². The number of para-hydroxylation sites is 1. The molecule has 1 nitrogen and oxygen atoms in total. The largest absolute Gasteiger partial charge is 0.244 e. The van der Waals surface area contributed by atoms with Gasteiger partial charge in [0.15, 0.2) is 10.8 Å². The molecule has 0 radical (unpaired) electrons. The van der Waals surface area contributed by atoms with Gasteiger partial charge in [-0.05, 0) is 18.2 Å². The number of aromatic nitrogens is 1. The molecule has 0 spiro atoms. The first kappa shape index (κ1) is 9.87. The van der Waals surface area contributed by atoms with Crippen LogP contribution in [-0.4, -0.2) is 4.98 Å². The number of thiazole rings is 1. The molecule has 0 saturated heterocycles. The Bertz CT molecular complexity index is 601. The number of hydrogen-bond donors (Lipinski definition) is 0. The Morgan fingerprint density at radius 1 is 0.875 bits per heavy atom. The van der Waals surface area contributed by atoms with E-state index in [4.69, 9.17) is 0 Å². The van der Waals surface area contributed by atoms with Crippen molar-refractivity contribution in [2.45, 2.75) is 4.90 Å². The Morgan fingerprint density at radius 3 is 2.50 bits per heavy atom. The zero-order chi connectivity index (χ0) is 10.8. The Labute approximate surface area is 101 Å². The predicted octanol–water partition coefficient (Wildman–Crippen LogP) is 4.54. The van der Waals surface area contributed by atoms with Crippen LogP contribution >= 0.6 is 20.3 Å². The van der Waals surface area contributed by atoms with Crippen molar-refractivity contribution < 1.29 is 0 Å². The molecule has 16 heavy (non-hydrogen) atoms. The van der Waals surface area contributed by atoms with Gasteiger partial charge in [-0.15, -0.1) is 0 Å². The Morgan fingerprint density at radius 2 is 1.62 bits per heavy atom. The third kappa shape index (κ3) is 1.84. The van der Waals surface area contributed by atoms with Gasteiger partial charge in [-0.2, -0.15) is 4.98 Å². The summed E-state index contributed by atoms with van der Waals surface area (Å²) in [7, 11) is 1.94. The first-order chi connectivity index (χ1) is 7.93. The van der Waals surface area contributed by atoms with Gasteiger partial charge < -0.3 is 0 Å². The molecule has 1 heterocycles. The summed E-state index contributed by atoms with van der Waals surface area (Å²) in [4.78, 5) is 5.74. The smallest absolute Gasteiger partial charge is 0.199 e. The van der Waals surface area contributed by atoms with Gasteiger partial charge in [0.05, 0.1) is 14.4 Å². The average molecular weight is 244 g/mol. The van der Waals surface area contributed by atoms with Crippen molar-refractivity contribution in [3.05, 3.63) is 60.1 Å². The molecule has 1 atom stereocenters. The van der Waals surface area contributed by atoms with Crippen molar-refractivity contribution in [1.29, 1.82) is 0 Å². The van der Waals surface area contributed by atoms with Crippen LogP contribution in [-0.2, 0) is 0 Å². The molecule has 3 heteroatoms.